The van der Waals surface area contributed by atoms with E-state index >= 15 is 0 Å². The van der Waals surface area contributed by atoms with E-state index in [1.165, 1.54) is 32.1 Å². The smallest absolute Gasteiger partial charge is 0.105 e. The summed E-state index contributed by atoms with van der Waals surface area (Å²) in [5.74, 6) is 0. The van der Waals surface area contributed by atoms with Crippen molar-refractivity contribution in [1.29, 1.82) is 5.26 Å². The maximum atomic E-state index is 9.54. The zero-order valence-electron chi connectivity index (χ0n) is 12.8. The average Bonchev–Trinajstić information content (AvgIpc) is 3.10. The molecule has 0 spiro atoms. The van der Waals surface area contributed by atoms with Gasteiger partial charge in [0.05, 0.1) is 18.8 Å². The van der Waals surface area contributed by atoms with E-state index in [9.17, 15) is 5.26 Å². The van der Waals surface area contributed by atoms with Crippen molar-refractivity contribution in [3.63, 3.8) is 0 Å². The van der Waals surface area contributed by atoms with Crippen molar-refractivity contribution < 1.29 is 4.74 Å². The van der Waals surface area contributed by atoms with Gasteiger partial charge in [0, 0.05) is 24.7 Å². The van der Waals surface area contributed by atoms with Crippen LogP contribution in [0.3, 0.4) is 0 Å². The summed E-state index contributed by atoms with van der Waals surface area (Å²) in [6.07, 6.45) is 7.56. The van der Waals surface area contributed by atoms with Gasteiger partial charge in [0.25, 0.3) is 0 Å². The molecule has 0 aromatic rings. The van der Waals surface area contributed by atoms with Crippen LogP contribution in [0.1, 0.15) is 52.4 Å². The fourth-order valence-electron chi connectivity index (χ4n) is 4.03. The summed E-state index contributed by atoms with van der Waals surface area (Å²) >= 11 is 0. The summed E-state index contributed by atoms with van der Waals surface area (Å²) in [6, 6.07) is 4.12. The molecule has 3 aliphatic rings. The number of ether oxygens (including phenoxy) is 1. The maximum Gasteiger partial charge on any atom is 0.105 e. The number of nitrogens with zero attached hydrogens (tertiary/aromatic N) is 2. The molecule has 4 heteroatoms. The van der Waals surface area contributed by atoms with Crippen LogP contribution in [-0.2, 0) is 4.74 Å². The van der Waals surface area contributed by atoms with Crippen molar-refractivity contribution in [1.82, 2.24) is 10.2 Å². The number of nitrogens with one attached hydrogen (secondary N) is 1. The number of hydrogen-bond donors (Lipinski definition) is 1. The highest BCUT2D eigenvalue weighted by atomic mass is 16.5. The lowest BCUT2D eigenvalue weighted by molar-refractivity contribution is -0.0720. The van der Waals surface area contributed by atoms with Crippen LogP contribution in [0, 0.1) is 11.3 Å². The Morgan fingerprint density at radius 1 is 1.40 bits per heavy atom. The Kier molecular flexibility index (Phi) is 4.03. The highest BCUT2D eigenvalue weighted by Crippen LogP contribution is 2.33. The van der Waals surface area contributed by atoms with Crippen molar-refractivity contribution in [3.05, 3.63) is 0 Å². The number of morpholine rings is 1. The minimum atomic E-state index is -0.382. The molecular weight excluding hydrogens is 250 g/mol. The van der Waals surface area contributed by atoms with Gasteiger partial charge in [-0.25, -0.2) is 0 Å². The minimum absolute atomic E-state index is 0.382. The summed E-state index contributed by atoms with van der Waals surface area (Å²) in [6.45, 7) is 6.22. The second kappa shape index (κ2) is 5.63. The number of rotatable bonds is 5. The van der Waals surface area contributed by atoms with E-state index in [0.29, 0.717) is 24.2 Å². The van der Waals surface area contributed by atoms with Crippen LogP contribution in [0.4, 0.5) is 0 Å². The topological polar surface area (TPSA) is 48.3 Å². The molecule has 112 valence electrons. The quantitative estimate of drug-likeness (QED) is 0.835. The zero-order chi connectivity index (χ0) is 14.2. The number of nitriles is 1. The Bertz CT molecular complexity index is 390. The van der Waals surface area contributed by atoms with Crippen LogP contribution in [0.25, 0.3) is 0 Å². The molecule has 1 aliphatic heterocycles. The zero-order valence-corrected chi connectivity index (χ0v) is 12.8. The second-order valence-electron chi connectivity index (χ2n) is 7.06. The van der Waals surface area contributed by atoms with E-state index in [0.717, 1.165) is 19.6 Å². The van der Waals surface area contributed by atoms with Gasteiger partial charge in [-0.15, -0.1) is 0 Å². The summed E-state index contributed by atoms with van der Waals surface area (Å²) in [5.41, 5.74) is -0.382. The Morgan fingerprint density at radius 2 is 2.20 bits per heavy atom. The summed E-state index contributed by atoms with van der Waals surface area (Å²) in [7, 11) is 0. The molecular formula is C16H27N3O. The van der Waals surface area contributed by atoms with Crippen LogP contribution in [-0.4, -0.2) is 47.8 Å². The van der Waals surface area contributed by atoms with Gasteiger partial charge in [-0.05, 0) is 52.4 Å². The van der Waals surface area contributed by atoms with Gasteiger partial charge in [-0.1, -0.05) is 0 Å². The molecule has 2 aliphatic carbocycles. The van der Waals surface area contributed by atoms with Crippen LogP contribution < -0.4 is 5.32 Å². The van der Waals surface area contributed by atoms with Crippen LogP contribution in [0.2, 0.25) is 0 Å². The third-order valence-corrected chi connectivity index (χ3v) is 5.14. The lowest BCUT2D eigenvalue weighted by Gasteiger charge is -2.43. The van der Waals surface area contributed by atoms with E-state index in [1.54, 1.807) is 0 Å². The monoisotopic (exact) mass is 277 g/mol. The molecule has 0 aromatic heterocycles. The van der Waals surface area contributed by atoms with Crippen LogP contribution in [0.5, 0.6) is 0 Å². The molecule has 2 saturated carbocycles. The van der Waals surface area contributed by atoms with Crippen molar-refractivity contribution in [3.8, 4) is 6.07 Å². The Labute approximate surface area is 122 Å². The third-order valence-electron chi connectivity index (χ3n) is 5.14. The number of fused-ring (bicyclic) bond motifs is 1. The van der Waals surface area contributed by atoms with Gasteiger partial charge in [0.2, 0.25) is 0 Å². The Hall–Kier alpha value is -0.630. The summed E-state index contributed by atoms with van der Waals surface area (Å²) in [5, 5.41) is 13.1. The van der Waals surface area contributed by atoms with Crippen molar-refractivity contribution >= 4 is 0 Å². The van der Waals surface area contributed by atoms with Gasteiger partial charge in [0.15, 0.2) is 0 Å². The predicted molar refractivity (Wildman–Crippen MR) is 78.3 cm³/mol. The van der Waals surface area contributed by atoms with E-state index in [-0.39, 0.29) is 5.54 Å². The normalized spacial score (nSPS) is 35.0. The van der Waals surface area contributed by atoms with E-state index in [4.69, 9.17) is 4.74 Å². The van der Waals surface area contributed by atoms with Crippen molar-refractivity contribution in [2.75, 3.05) is 13.2 Å². The van der Waals surface area contributed by atoms with Crippen molar-refractivity contribution in [2.24, 2.45) is 0 Å². The molecule has 4 atom stereocenters. The highest BCUT2D eigenvalue weighted by molar-refractivity contribution is 5.09. The van der Waals surface area contributed by atoms with E-state index in [2.05, 4.69) is 30.1 Å². The Balaban J connectivity index is 1.62. The molecule has 0 amide bonds. The standard InChI is InChI=1S/C16H27N3O/c1-12(10-16(2,11-17)18-13-6-7-13)19-8-9-20-15-5-3-4-14(15)19/h12-15,18H,3-10H2,1-2H3. The molecule has 1 saturated heterocycles. The Morgan fingerprint density at radius 3 is 2.90 bits per heavy atom. The molecule has 1 heterocycles. The number of hydrogen-bond acceptors (Lipinski definition) is 4. The summed E-state index contributed by atoms with van der Waals surface area (Å²) < 4.78 is 5.89. The van der Waals surface area contributed by atoms with Gasteiger partial charge in [-0.2, -0.15) is 5.26 Å². The van der Waals surface area contributed by atoms with E-state index in [1.807, 2.05) is 0 Å². The SMILES string of the molecule is CC(CC(C)(C#N)NC1CC1)N1CCOC2CCCC21. The molecule has 3 rings (SSSR count). The first-order chi connectivity index (χ1) is 9.61. The summed E-state index contributed by atoms with van der Waals surface area (Å²) in [4.78, 5) is 2.60. The molecule has 4 nitrogen and oxygen atoms in total. The molecule has 4 unspecified atom stereocenters. The fourth-order valence-corrected chi connectivity index (χ4v) is 4.03. The predicted octanol–water partition coefficient (Wildman–Crippen LogP) is 2.05. The molecule has 3 fully saturated rings. The molecule has 20 heavy (non-hydrogen) atoms. The lowest BCUT2D eigenvalue weighted by Crippen LogP contribution is -2.55. The largest absolute Gasteiger partial charge is 0.375 e. The first-order valence-electron chi connectivity index (χ1n) is 8.17. The van der Waals surface area contributed by atoms with Gasteiger partial charge in [-0.3, -0.25) is 10.2 Å². The highest BCUT2D eigenvalue weighted by Gasteiger charge is 2.41. The van der Waals surface area contributed by atoms with Gasteiger partial charge < -0.3 is 4.74 Å². The van der Waals surface area contributed by atoms with Gasteiger partial charge in [0.1, 0.15) is 5.54 Å². The van der Waals surface area contributed by atoms with Gasteiger partial charge >= 0.3 is 0 Å². The van der Waals surface area contributed by atoms with Crippen LogP contribution >= 0.6 is 0 Å². The first-order valence-corrected chi connectivity index (χ1v) is 8.17. The average molecular weight is 277 g/mol. The van der Waals surface area contributed by atoms with Crippen molar-refractivity contribution in [2.45, 2.75) is 82.1 Å². The molecule has 0 radical (unpaired) electrons. The third kappa shape index (κ3) is 3.00. The lowest BCUT2D eigenvalue weighted by atomic mass is 9.92. The fraction of sp³-hybridized carbons (Fsp3) is 0.938. The molecule has 0 bridgehead atoms. The second-order valence-corrected chi connectivity index (χ2v) is 7.06. The van der Waals surface area contributed by atoms with E-state index < -0.39 is 0 Å². The molecule has 1 N–H and O–H groups in total. The minimum Gasteiger partial charge on any atom is -0.375 e. The molecule has 0 aromatic carbocycles. The maximum absolute atomic E-state index is 9.54. The first kappa shape index (κ1) is 14.3. The van der Waals surface area contributed by atoms with Crippen LogP contribution in [0.15, 0.2) is 0 Å².